The van der Waals surface area contributed by atoms with Gasteiger partial charge in [0.25, 0.3) is 0 Å². The fourth-order valence-corrected chi connectivity index (χ4v) is 8.24. The predicted molar refractivity (Wildman–Crippen MR) is 216 cm³/mol. The molecular weight excluding hydrogens is 619 g/mol. The maximum absolute atomic E-state index is 5.28. The van der Waals surface area contributed by atoms with Gasteiger partial charge >= 0.3 is 0 Å². The molecule has 5 aromatic rings. The summed E-state index contributed by atoms with van der Waals surface area (Å²) in [5.74, 6) is 0.735. The number of hydrogen-bond acceptors (Lipinski definition) is 1. The summed E-state index contributed by atoms with van der Waals surface area (Å²) >= 11 is 0. The Morgan fingerprint density at radius 1 is 0.706 bits per heavy atom. The molecule has 0 radical (unpaired) electrons. The van der Waals surface area contributed by atoms with Gasteiger partial charge in [-0.1, -0.05) is 116 Å². The normalized spacial score (nSPS) is 16.5. The van der Waals surface area contributed by atoms with Gasteiger partial charge in [-0.25, -0.2) is 9.98 Å². The highest BCUT2D eigenvalue weighted by Gasteiger charge is 2.28. The summed E-state index contributed by atoms with van der Waals surface area (Å²) in [6.45, 7) is 6.55. The lowest BCUT2D eigenvalue weighted by Crippen LogP contribution is -2.09. The van der Waals surface area contributed by atoms with Crippen molar-refractivity contribution in [1.82, 2.24) is 4.57 Å². The number of amidine groups is 1. The molecule has 0 saturated heterocycles. The van der Waals surface area contributed by atoms with Gasteiger partial charge in [-0.3, -0.25) is 0 Å². The minimum Gasteiger partial charge on any atom is -0.309 e. The van der Waals surface area contributed by atoms with E-state index in [0.717, 1.165) is 67.8 Å². The monoisotopic (exact) mass is 659 g/mol. The fourth-order valence-electron chi connectivity index (χ4n) is 8.24. The number of aromatic nitrogens is 1. The smallest absolute Gasteiger partial charge is 0.160 e. The highest BCUT2D eigenvalue weighted by Crippen LogP contribution is 2.44. The van der Waals surface area contributed by atoms with Crippen LogP contribution >= 0.6 is 0 Å². The van der Waals surface area contributed by atoms with E-state index >= 15 is 0 Å². The van der Waals surface area contributed by atoms with Crippen molar-refractivity contribution in [3.8, 4) is 27.9 Å². The number of nitrogens with zero attached hydrogens (tertiary/aromatic N) is 3. The molecule has 0 fully saturated rings. The van der Waals surface area contributed by atoms with E-state index in [4.69, 9.17) is 9.98 Å². The van der Waals surface area contributed by atoms with Crippen molar-refractivity contribution in [2.45, 2.75) is 51.9 Å². The first kappa shape index (κ1) is 31.2. The number of aliphatic imine (C=N–C) groups is 2. The molecule has 51 heavy (non-hydrogen) atoms. The molecule has 4 aliphatic carbocycles. The first-order valence-electron chi connectivity index (χ1n) is 18.3. The summed E-state index contributed by atoms with van der Waals surface area (Å²) in [6, 6.07) is 31.2. The van der Waals surface area contributed by atoms with Gasteiger partial charge in [0.2, 0.25) is 0 Å². The largest absolute Gasteiger partial charge is 0.309 e. The summed E-state index contributed by atoms with van der Waals surface area (Å²) in [4.78, 5) is 10.5. The third-order valence-electron chi connectivity index (χ3n) is 10.8. The molecule has 0 unspecified atom stereocenters. The average Bonchev–Trinajstić information content (AvgIpc) is 3.74. The number of allylic oxidation sites excluding steroid dienone is 9. The van der Waals surface area contributed by atoms with Gasteiger partial charge in [-0.05, 0) is 120 Å². The van der Waals surface area contributed by atoms with Crippen LogP contribution in [-0.4, -0.2) is 16.1 Å². The number of benzene rings is 4. The van der Waals surface area contributed by atoms with E-state index in [1.165, 1.54) is 72.4 Å². The highest BCUT2D eigenvalue weighted by molar-refractivity contribution is 6.14. The molecule has 3 nitrogen and oxygen atoms in total. The molecule has 9 rings (SSSR count). The van der Waals surface area contributed by atoms with E-state index in [9.17, 15) is 0 Å². The Hall–Kier alpha value is -5.80. The molecule has 0 amide bonds. The van der Waals surface area contributed by atoms with Gasteiger partial charge in [-0.2, -0.15) is 0 Å². The molecule has 1 aromatic heterocycles. The SMILES string of the molecule is C=C(/N=C(\N=C(/C)C1=CCCC=C1)c1cccc2c1Cc1c-2cccc1-n1c2c(c3cc(-c4ccccc4)ccc31)CCC=C2)C1=CC=CCC1. The van der Waals surface area contributed by atoms with Crippen LogP contribution in [0.2, 0.25) is 0 Å². The van der Waals surface area contributed by atoms with Gasteiger partial charge in [0.15, 0.2) is 5.84 Å². The van der Waals surface area contributed by atoms with Gasteiger partial charge < -0.3 is 4.57 Å². The van der Waals surface area contributed by atoms with Crippen molar-refractivity contribution in [3.63, 3.8) is 0 Å². The Kier molecular flexibility index (Phi) is 8.05. The average molecular weight is 660 g/mol. The zero-order valence-electron chi connectivity index (χ0n) is 29.2. The van der Waals surface area contributed by atoms with E-state index in [0.29, 0.717) is 0 Å². The quantitative estimate of drug-likeness (QED) is 0.126. The lowest BCUT2D eigenvalue weighted by Gasteiger charge is -2.16. The van der Waals surface area contributed by atoms with Crippen molar-refractivity contribution in [2.24, 2.45) is 9.98 Å². The molecule has 0 N–H and O–H groups in total. The van der Waals surface area contributed by atoms with Gasteiger partial charge in [0.1, 0.15) is 0 Å². The second-order valence-corrected chi connectivity index (χ2v) is 13.9. The van der Waals surface area contributed by atoms with E-state index in [-0.39, 0.29) is 0 Å². The van der Waals surface area contributed by atoms with Crippen LogP contribution in [0.5, 0.6) is 0 Å². The topological polar surface area (TPSA) is 29.6 Å². The molecular formula is C48H41N3. The third kappa shape index (κ3) is 5.63. The maximum atomic E-state index is 5.28. The Morgan fingerprint density at radius 2 is 1.53 bits per heavy atom. The van der Waals surface area contributed by atoms with Crippen molar-refractivity contribution in [2.75, 3.05) is 0 Å². The Labute approximate surface area is 300 Å². The van der Waals surface area contributed by atoms with Crippen LogP contribution in [0.25, 0.3) is 44.9 Å². The Balaban J connectivity index is 1.18. The zero-order valence-corrected chi connectivity index (χ0v) is 29.2. The summed E-state index contributed by atoms with van der Waals surface area (Å²) in [7, 11) is 0. The number of aryl methyl sites for hydroxylation is 1. The van der Waals surface area contributed by atoms with Crippen LogP contribution in [-0.2, 0) is 12.8 Å². The number of hydrogen-bond donors (Lipinski definition) is 0. The Morgan fingerprint density at radius 3 is 2.35 bits per heavy atom. The lowest BCUT2D eigenvalue weighted by atomic mass is 9.98. The first-order chi connectivity index (χ1) is 25.1. The van der Waals surface area contributed by atoms with Gasteiger partial charge in [-0.15, -0.1) is 0 Å². The van der Waals surface area contributed by atoms with Crippen LogP contribution in [0.3, 0.4) is 0 Å². The van der Waals surface area contributed by atoms with Crippen molar-refractivity contribution in [1.29, 1.82) is 0 Å². The van der Waals surface area contributed by atoms with Crippen molar-refractivity contribution < 1.29 is 0 Å². The van der Waals surface area contributed by atoms with Crippen LogP contribution in [0.4, 0.5) is 0 Å². The summed E-state index contributed by atoms with van der Waals surface area (Å²) < 4.78 is 2.52. The molecule has 1 heterocycles. The molecule has 248 valence electrons. The lowest BCUT2D eigenvalue weighted by molar-refractivity contribution is 0.962. The van der Waals surface area contributed by atoms with Gasteiger partial charge in [0, 0.05) is 28.8 Å². The van der Waals surface area contributed by atoms with E-state index in [1.807, 2.05) is 0 Å². The van der Waals surface area contributed by atoms with Crippen molar-refractivity contribution in [3.05, 3.63) is 179 Å². The second kappa shape index (κ2) is 13.2. The van der Waals surface area contributed by atoms with E-state index < -0.39 is 0 Å². The molecule has 4 aromatic carbocycles. The molecule has 0 spiro atoms. The molecule has 0 bridgehead atoms. The van der Waals surface area contributed by atoms with Crippen LogP contribution in [0, 0.1) is 0 Å². The molecule has 4 aliphatic rings. The van der Waals surface area contributed by atoms with E-state index in [2.05, 4.69) is 152 Å². The van der Waals surface area contributed by atoms with E-state index in [1.54, 1.807) is 0 Å². The summed E-state index contributed by atoms with van der Waals surface area (Å²) in [6.07, 6.45) is 24.8. The fraction of sp³-hybridized carbons (Fsp3) is 0.167. The summed E-state index contributed by atoms with van der Waals surface area (Å²) in [5, 5.41) is 1.35. The number of rotatable bonds is 6. The third-order valence-corrected chi connectivity index (χ3v) is 10.8. The minimum absolute atomic E-state index is 0.735. The van der Waals surface area contributed by atoms with Gasteiger partial charge in [0.05, 0.1) is 16.9 Å². The van der Waals surface area contributed by atoms with Crippen LogP contribution < -0.4 is 0 Å². The standard InChI is InChI=1S/C48H41N3/c1-32(34-16-6-3-7-17-34)49-48(50-33(2)35-18-8-4-9-19-35)41-25-14-23-38-39-24-15-27-46(44(39)31-42(38)41)51-45-26-13-12-22-40(45)43-30-37(28-29-47(43)51)36-20-10-5-11-21-36/h3,5-6,8,10-11,13-16,18-21,23-30H,1,4,7,9,12,17,22,31H2,2H3/b49-48-,50-33+. The molecule has 0 saturated carbocycles. The highest BCUT2D eigenvalue weighted by atomic mass is 15.0. The molecule has 0 atom stereocenters. The summed E-state index contributed by atoms with van der Waals surface area (Å²) in [5.41, 5.74) is 18.1. The van der Waals surface area contributed by atoms with Crippen molar-refractivity contribution >= 4 is 28.5 Å². The Bertz CT molecular complexity index is 2450. The maximum Gasteiger partial charge on any atom is 0.160 e. The van der Waals surface area contributed by atoms with Crippen LogP contribution in [0.1, 0.15) is 67.0 Å². The number of fused-ring (bicyclic) bond motifs is 6. The van der Waals surface area contributed by atoms with Crippen LogP contribution in [0.15, 0.2) is 161 Å². The first-order valence-corrected chi connectivity index (χ1v) is 18.3. The second-order valence-electron chi connectivity index (χ2n) is 13.9. The zero-order chi connectivity index (χ0) is 34.3. The molecule has 3 heteroatoms. The predicted octanol–water partition coefficient (Wildman–Crippen LogP) is 12.1. The minimum atomic E-state index is 0.735. The molecule has 0 aliphatic heterocycles.